The Morgan fingerprint density at radius 2 is 2.39 bits per heavy atom. The van der Waals surface area contributed by atoms with Crippen molar-refractivity contribution in [3.63, 3.8) is 0 Å². The van der Waals surface area contributed by atoms with Gasteiger partial charge in [0.05, 0.1) is 10.8 Å². The van der Waals surface area contributed by atoms with Crippen LogP contribution in [0.2, 0.25) is 0 Å². The number of hydrogen-bond acceptors (Lipinski definition) is 4. The Bertz CT molecular complexity index is 821. The Morgan fingerprint density at radius 3 is 3.33 bits per heavy atom. The number of nitrogens with one attached hydrogen (secondary N) is 1. The molecular formula is C11H10N5OS+. The number of thioether (sulfide) groups is 1. The lowest BCUT2D eigenvalue weighted by atomic mass is 10.2. The van der Waals surface area contributed by atoms with Gasteiger partial charge in [-0.05, 0) is 29.3 Å². The predicted molar refractivity (Wildman–Crippen MR) is 66.6 cm³/mol. The average molecular weight is 260 g/mol. The molecule has 0 aromatic carbocycles. The quantitative estimate of drug-likeness (QED) is 0.592. The minimum atomic E-state index is -0.105. The summed E-state index contributed by atoms with van der Waals surface area (Å²) in [7, 11) is 0. The van der Waals surface area contributed by atoms with Crippen LogP contribution in [0, 0.1) is 0 Å². The summed E-state index contributed by atoms with van der Waals surface area (Å²) >= 11 is 1.71. The van der Waals surface area contributed by atoms with Gasteiger partial charge in [0.2, 0.25) is 0 Å². The molecule has 0 fully saturated rings. The molecule has 0 atom stereocenters. The van der Waals surface area contributed by atoms with Gasteiger partial charge in [-0.3, -0.25) is 9.78 Å². The molecule has 0 spiro atoms. The van der Waals surface area contributed by atoms with Crippen LogP contribution in [-0.2, 0) is 6.54 Å². The van der Waals surface area contributed by atoms with E-state index in [-0.39, 0.29) is 5.56 Å². The summed E-state index contributed by atoms with van der Waals surface area (Å²) in [6.07, 6.45) is 4.43. The molecule has 1 aliphatic rings. The standard InChI is InChI=1S/C11H9N5OS/c17-10-7-2-3-12-6-8(7)9-13-15-4-1-5-18-11(15)16(9)14-10/h2-3,6H,1,4-5H2/p+1. The maximum absolute atomic E-state index is 12.0. The second-order valence-electron chi connectivity index (χ2n) is 4.23. The maximum Gasteiger partial charge on any atom is 0.364 e. The van der Waals surface area contributed by atoms with Crippen LogP contribution in [0.3, 0.4) is 0 Å². The number of aryl methyl sites for hydroxylation is 1. The second kappa shape index (κ2) is 3.55. The van der Waals surface area contributed by atoms with Crippen molar-refractivity contribution in [3.05, 3.63) is 28.8 Å². The molecule has 0 bridgehead atoms. The molecule has 4 rings (SSSR count). The topological polar surface area (TPSA) is 66.9 Å². The SMILES string of the molecule is O=c1[nH]n2c3[n+](nc2c2cnccc12)CCCS3. The third-order valence-electron chi connectivity index (χ3n) is 3.10. The fourth-order valence-corrected chi connectivity index (χ4v) is 3.28. The van der Waals surface area contributed by atoms with Gasteiger partial charge in [0.1, 0.15) is 6.54 Å². The van der Waals surface area contributed by atoms with Crippen molar-refractivity contribution in [2.45, 2.75) is 18.1 Å². The first kappa shape index (κ1) is 10.1. The molecule has 90 valence electrons. The number of pyridine rings is 1. The molecule has 0 amide bonds. The van der Waals surface area contributed by atoms with Crippen molar-refractivity contribution in [1.29, 1.82) is 0 Å². The number of H-pyrrole nitrogens is 1. The molecule has 0 saturated heterocycles. The van der Waals surface area contributed by atoms with Gasteiger partial charge in [0.25, 0.3) is 11.2 Å². The molecule has 18 heavy (non-hydrogen) atoms. The van der Waals surface area contributed by atoms with Crippen LogP contribution in [0.5, 0.6) is 0 Å². The number of aromatic amines is 1. The highest BCUT2D eigenvalue weighted by atomic mass is 32.2. The Kier molecular flexibility index (Phi) is 1.99. The van der Waals surface area contributed by atoms with Gasteiger partial charge < -0.3 is 0 Å². The Morgan fingerprint density at radius 1 is 1.44 bits per heavy atom. The Hall–Kier alpha value is -1.89. The van der Waals surface area contributed by atoms with Crippen molar-refractivity contribution >= 4 is 28.2 Å². The van der Waals surface area contributed by atoms with E-state index in [0.29, 0.717) is 5.39 Å². The molecule has 0 saturated carbocycles. The van der Waals surface area contributed by atoms with E-state index in [4.69, 9.17) is 0 Å². The Balaban J connectivity index is 2.24. The first-order valence-electron chi connectivity index (χ1n) is 5.76. The average Bonchev–Trinajstić information content (AvgIpc) is 2.78. The summed E-state index contributed by atoms with van der Waals surface area (Å²) in [4.78, 5) is 16.1. The fourth-order valence-electron chi connectivity index (χ4n) is 2.28. The van der Waals surface area contributed by atoms with Gasteiger partial charge in [-0.25, -0.2) is 0 Å². The highest BCUT2D eigenvalue weighted by Crippen LogP contribution is 2.21. The summed E-state index contributed by atoms with van der Waals surface area (Å²) in [5.74, 6) is 1.06. The van der Waals surface area contributed by atoms with Crippen molar-refractivity contribution in [2.75, 3.05) is 5.75 Å². The van der Waals surface area contributed by atoms with Crippen molar-refractivity contribution in [2.24, 2.45) is 0 Å². The van der Waals surface area contributed by atoms with Crippen LogP contribution in [0.15, 0.2) is 28.4 Å². The number of hydrogen-bond donors (Lipinski definition) is 1. The first-order valence-corrected chi connectivity index (χ1v) is 6.74. The van der Waals surface area contributed by atoms with E-state index in [2.05, 4.69) is 15.2 Å². The van der Waals surface area contributed by atoms with Crippen LogP contribution in [-0.4, -0.2) is 25.4 Å². The van der Waals surface area contributed by atoms with Crippen LogP contribution < -0.4 is 10.2 Å². The van der Waals surface area contributed by atoms with Crippen LogP contribution in [0.4, 0.5) is 0 Å². The first-order chi connectivity index (χ1) is 8.84. The van der Waals surface area contributed by atoms with E-state index in [1.165, 1.54) is 0 Å². The smallest absolute Gasteiger partial charge is 0.266 e. The highest BCUT2D eigenvalue weighted by molar-refractivity contribution is 7.99. The van der Waals surface area contributed by atoms with Crippen LogP contribution >= 0.6 is 11.8 Å². The van der Waals surface area contributed by atoms with Crippen molar-refractivity contribution < 1.29 is 4.68 Å². The lowest BCUT2D eigenvalue weighted by molar-refractivity contribution is -0.786. The second-order valence-corrected chi connectivity index (χ2v) is 5.29. The Labute approximate surface area is 106 Å². The molecule has 7 heteroatoms. The highest BCUT2D eigenvalue weighted by Gasteiger charge is 2.27. The predicted octanol–water partition coefficient (Wildman–Crippen LogP) is 0.354. The molecular weight excluding hydrogens is 250 g/mol. The monoisotopic (exact) mass is 260 g/mol. The van der Waals surface area contributed by atoms with E-state index < -0.39 is 0 Å². The van der Waals surface area contributed by atoms with Crippen LogP contribution in [0.1, 0.15) is 6.42 Å². The van der Waals surface area contributed by atoms with Crippen molar-refractivity contribution in [3.8, 4) is 0 Å². The normalized spacial score (nSPS) is 15.1. The number of fused-ring (bicyclic) bond motifs is 5. The summed E-state index contributed by atoms with van der Waals surface area (Å²) in [5.41, 5.74) is 0.661. The van der Waals surface area contributed by atoms with Gasteiger partial charge in [0.15, 0.2) is 0 Å². The molecule has 4 heterocycles. The molecule has 3 aromatic heterocycles. The zero-order valence-electron chi connectivity index (χ0n) is 9.46. The van der Waals surface area contributed by atoms with E-state index in [0.717, 1.165) is 34.9 Å². The maximum atomic E-state index is 12.0. The summed E-state index contributed by atoms with van der Waals surface area (Å²) in [5, 5.41) is 9.85. The third-order valence-corrected chi connectivity index (χ3v) is 4.25. The summed E-state index contributed by atoms with van der Waals surface area (Å²) in [6, 6.07) is 1.72. The summed E-state index contributed by atoms with van der Waals surface area (Å²) < 4.78 is 3.72. The van der Waals surface area contributed by atoms with E-state index in [1.54, 1.807) is 34.7 Å². The largest absolute Gasteiger partial charge is 0.364 e. The van der Waals surface area contributed by atoms with E-state index in [1.807, 2.05) is 4.68 Å². The fraction of sp³-hybridized carbons (Fsp3) is 0.273. The van der Waals surface area contributed by atoms with Gasteiger partial charge >= 0.3 is 5.16 Å². The lowest BCUT2D eigenvalue weighted by Gasteiger charge is -2.03. The molecule has 0 unspecified atom stereocenters. The van der Waals surface area contributed by atoms with Gasteiger partial charge in [-0.15, -0.1) is 4.68 Å². The zero-order chi connectivity index (χ0) is 12.1. The lowest BCUT2D eigenvalue weighted by Crippen LogP contribution is -2.40. The zero-order valence-corrected chi connectivity index (χ0v) is 10.3. The molecule has 0 aliphatic carbocycles. The van der Waals surface area contributed by atoms with E-state index >= 15 is 0 Å². The minimum Gasteiger partial charge on any atom is -0.266 e. The molecule has 1 N–H and O–H groups in total. The van der Waals surface area contributed by atoms with Gasteiger partial charge in [0, 0.05) is 18.1 Å². The molecule has 3 aromatic rings. The van der Waals surface area contributed by atoms with Gasteiger partial charge in [-0.1, -0.05) is 4.52 Å². The molecule has 6 nitrogen and oxygen atoms in total. The minimum absolute atomic E-state index is 0.105. The van der Waals surface area contributed by atoms with Gasteiger partial charge in [-0.2, -0.15) is 5.10 Å². The van der Waals surface area contributed by atoms with Crippen LogP contribution in [0.25, 0.3) is 16.4 Å². The molecule has 0 radical (unpaired) electrons. The number of aromatic nitrogens is 5. The molecule has 1 aliphatic heterocycles. The van der Waals surface area contributed by atoms with E-state index in [9.17, 15) is 4.79 Å². The number of nitrogens with zero attached hydrogens (tertiary/aromatic N) is 4. The summed E-state index contributed by atoms with van der Waals surface area (Å²) in [6.45, 7) is 0.897. The number of rotatable bonds is 0. The van der Waals surface area contributed by atoms with Crippen molar-refractivity contribution in [1.82, 2.24) is 19.7 Å². The third kappa shape index (κ3) is 1.25.